The van der Waals surface area contributed by atoms with Gasteiger partial charge in [0.2, 0.25) is 5.91 Å². The SMILES string of the molecule is CCCC/C=C\CCCCCCCC(=O)OCCCCCCCCCCC/C=C\C/C=C\CCCCCCCCCCCCCC(=O)NC(COC1OC(CO)C(O)C(O)C1O)C(O)/C=C/CC/C=C/CC/C=C/CCCCCCC. The van der Waals surface area contributed by atoms with E-state index < -0.39 is 49.5 Å². The molecule has 6 N–H and O–H groups in total. The lowest BCUT2D eigenvalue weighted by Gasteiger charge is -2.40. The van der Waals surface area contributed by atoms with Crippen LogP contribution < -0.4 is 5.32 Å². The lowest BCUT2D eigenvalue weighted by atomic mass is 9.99. The van der Waals surface area contributed by atoms with Crippen LogP contribution in [0.15, 0.2) is 72.9 Å². The molecular weight excluding hydrogens is 1010 g/mol. The Kier molecular flexibility index (Phi) is 55.3. The summed E-state index contributed by atoms with van der Waals surface area (Å²) in [4.78, 5) is 25.1. The number of hydrogen-bond acceptors (Lipinski definition) is 10. The van der Waals surface area contributed by atoms with E-state index >= 15 is 0 Å². The fourth-order valence-corrected chi connectivity index (χ4v) is 10.1. The summed E-state index contributed by atoms with van der Waals surface area (Å²) < 4.78 is 16.7. The van der Waals surface area contributed by atoms with E-state index in [4.69, 9.17) is 14.2 Å². The van der Waals surface area contributed by atoms with Crippen LogP contribution in [0, 0.1) is 0 Å². The van der Waals surface area contributed by atoms with Gasteiger partial charge in [-0.25, -0.2) is 0 Å². The van der Waals surface area contributed by atoms with Gasteiger partial charge in [-0.2, -0.15) is 0 Å². The number of rotatable bonds is 58. The van der Waals surface area contributed by atoms with Crippen LogP contribution in [0.3, 0.4) is 0 Å². The molecule has 0 aromatic rings. The van der Waals surface area contributed by atoms with Gasteiger partial charge in [-0.3, -0.25) is 9.59 Å². The van der Waals surface area contributed by atoms with E-state index in [0.717, 1.165) is 89.9 Å². The molecule has 1 heterocycles. The summed E-state index contributed by atoms with van der Waals surface area (Å²) in [6.07, 6.45) is 68.7. The van der Waals surface area contributed by atoms with E-state index in [1.165, 1.54) is 180 Å². The van der Waals surface area contributed by atoms with Crippen molar-refractivity contribution in [2.45, 2.75) is 339 Å². The van der Waals surface area contributed by atoms with Gasteiger partial charge in [-0.1, -0.05) is 247 Å². The van der Waals surface area contributed by atoms with E-state index in [1.807, 2.05) is 6.08 Å². The fourth-order valence-electron chi connectivity index (χ4n) is 10.1. The first-order valence-electron chi connectivity index (χ1n) is 33.7. The molecule has 1 rings (SSSR count). The van der Waals surface area contributed by atoms with Crippen LogP contribution in [0.4, 0.5) is 0 Å². The number of unbranched alkanes of at least 4 members (excludes halogenated alkanes) is 34. The van der Waals surface area contributed by atoms with Crippen molar-refractivity contribution in [2.75, 3.05) is 19.8 Å². The van der Waals surface area contributed by atoms with E-state index in [-0.39, 0.29) is 18.5 Å². The molecule has 11 heteroatoms. The summed E-state index contributed by atoms with van der Waals surface area (Å²) in [5, 5.41) is 54.5. The normalized spacial score (nSPS) is 18.7. The first kappa shape index (κ1) is 76.1. The molecule has 0 radical (unpaired) electrons. The molecule has 7 atom stereocenters. The second-order valence-electron chi connectivity index (χ2n) is 23.1. The topological polar surface area (TPSA) is 175 Å². The Bertz CT molecular complexity index is 1580. The zero-order valence-electron chi connectivity index (χ0n) is 52.0. The average molecular weight is 1140 g/mol. The van der Waals surface area contributed by atoms with E-state index in [0.29, 0.717) is 19.4 Å². The number of carbonyl (C=O) groups excluding carboxylic acids is 2. The minimum absolute atomic E-state index is 0.0113. The van der Waals surface area contributed by atoms with Crippen molar-refractivity contribution >= 4 is 11.9 Å². The third kappa shape index (κ3) is 48.1. The van der Waals surface area contributed by atoms with Crippen molar-refractivity contribution in [1.29, 1.82) is 0 Å². The summed E-state index contributed by atoms with van der Waals surface area (Å²) in [6.45, 7) is 4.27. The standard InChI is InChI=1S/C70H125NO10/c1-3-5-7-9-11-13-15-16-30-33-37-40-44-48-52-56-63(73)62(61-80-70-69(78)68(77)67(76)64(60-72)81-70)71-65(74)57-53-49-45-41-38-34-31-28-26-24-22-20-18-17-19-21-23-25-27-29-32-35-39-43-47-51-55-59-79-66(75)58-54-50-46-42-36-14-12-10-8-6-4-2/h10,12,15-18,21,23,37,40,52,56,62-64,67-70,72-73,76-78H,3-9,11,13-14,19-20,22,24-36,38-39,41-51,53-55,57-61H2,1-2H3,(H,71,74)/b12-10-,16-15+,18-17-,23-21-,40-37+,56-52+. The molecule has 1 aliphatic rings. The fraction of sp³-hybridized carbons (Fsp3) is 0.800. The summed E-state index contributed by atoms with van der Waals surface area (Å²) in [5.74, 6) is -0.211. The highest BCUT2D eigenvalue weighted by molar-refractivity contribution is 5.76. The monoisotopic (exact) mass is 1140 g/mol. The second kappa shape index (κ2) is 58.9. The van der Waals surface area contributed by atoms with Gasteiger partial charge in [0.1, 0.15) is 24.4 Å². The summed E-state index contributed by atoms with van der Waals surface area (Å²) in [6, 6.07) is -0.839. The molecule has 0 bridgehead atoms. The smallest absolute Gasteiger partial charge is 0.305 e. The van der Waals surface area contributed by atoms with Gasteiger partial charge < -0.3 is 45.1 Å². The van der Waals surface area contributed by atoms with Gasteiger partial charge >= 0.3 is 5.97 Å². The van der Waals surface area contributed by atoms with Crippen molar-refractivity contribution in [3.8, 4) is 0 Å². The summed E-state index contributed by atoms with van der Waals surface area (Å²) in [7, 11) is 0. The van der Waals surface area contributed by atoms with Crippen molar-refractivity contribution in [2.24, 2.45) is 0 Å². The number of hydrogen-bond donors (Lipinski definition) is 6. The average Bonchev–Trinajstić information content (AvgIpc) is 3.51. The molecule has 1 aliphatic heterocycles. The predicted molar refractivity (Wildman–Crippen MR) is 338 cm³/mol. The highest BCUT2D eigenvalue weighted by atomic mass is 16.7. The third-order valence-electron chi connectivity index (χ3n) is 15.5. The van der Waals surface area contributed by atoms with Crippen LogP contribution in [-0.4, -0.2) is 100 Å². The quantitative estimate of drug-likeness (QED) is 0.0195. The minimum Gasteiger partial charge on any atom is -0.466 e. The number of nitrogens with one attached hydrogen (secondary N) is 1. The number of amides is 1. The van der Waals surface area contributed by atoms with Crippen LogP contribution >= 0.6 is 0 Å². The van der Waals surface area contributed by atoms with E-state index in [1.54, 1.807) is 6.08 Å². The number of aliphatic hydroxyl groups is 5. The Morgan fingerprint density at radius 1 is 0.457 bits per heavy atom. The first-order chi connectivity index (χ1) is 39.7. The minimum atomic E-state index is -1.58. The first-order valence-corrected chi connectivity index (χ1v) is 33.7. The number of aliphatic hydroxyl groups excluding tert-OH is 5. The van der Waals surface area contributed by atoms with Crippen LogP contribution in [0.5, 0.6) is 0 Å². The Labute approximate surface area is 496 Å². The van der Waals surface area contributed by atoms with Gasteiger partial charge in [0.05, 0.1) is 32.0 Å². The Morgan fingerprint density at radius 2 is 0.852 bits per heavy atom. The van der Waals surface area contributed by atoms with Crippen molar-refractivity contribution in [1.82, 2.24) is 5.32 Å². The van der Waals surface area contributed by atoms with Gasteiger partial charge in [0.25, 0.3) is 0 Å². The van der Waals surface area contributed by atoms with Crippen molar-refractivity contribution < 1.29 is 49.3 Å². The third-order valence-corrected chi connectivity index (χ3v) is 15.5. The molecule has 0 aliphatic carbocycles. The van der Waals surface area contributed by atoms with Gasteiger partial charge in [0, 0.05) is 12.8 Å². The number of esters is 1. The van der Waals surface area contributed by atoms with Crippen LogP contribution in [-0.2, 0) is 23.8 Å². The van der Waals surface area contributed by atoms with Crippen molar-refractivity contribution in [3.63, 3.8) is 0 Å². The highest BCUT2D eigenvalue weighted by Crippen LogP contribution is 2.23. The Morgan fingerprint density at radius 3 is 1.33 bits per heavy atom. The maximum Gasteiger partial charge on any atom is 0.305 e. The lowest BCUT2D eigenvalue weighted by Crippen LogP contribution is -2.60. The molecular formula is C70H125NO10. The summed E-state index contributed by atoms with van der Waals surface area (Å²) in [5.41, 5.74) is 0. The number of allylic oxidation sites excluding steroid dienone is 11. The molecule has 7 unspecified atom stereocenters. The van der Waals surface area contributed by atoms with Crippen molar-refractivity contribution in [3.05, 3.63) is 72.9 Å². The van der Waals surface area contributed by atoms with E-state index in [2.05, 4.69) is 79.9 Å². The Balaban J connectivity index is 2.06. The molecule has 0 saturated carbocycles. The molecule has 0 aromatic heterocycles. The molecule has 1 saturated heterocycles. The Hall–Kier alpha value is -2.90. The zero-order chi connectivity index (χ0) is 58.7. The maximum atomic E-state index is 13.1. The number of ether oxygens (including phenoxy) is 3. The molecule has 81 heavy (non-hydrogen) atoms. The number of carbonyl (C=O) groups is 2. The molecule has 1 fully saturated rings. The largest absolute Gasteiger partial charge is 0.466 e. The van der Waals surface area contributed by atoms with Crippen LogP contribution in [0.2, 0.25) is 0 Å². The zero-order valence-corrected chi connectivity index (χ0v) is 52.0. The molecule has 11 nitrogen and oxygen atoms in total. The maximum absolute atomic E-state index is 13.1. The van der Waals surface area contributed by atoms with Gasteiger partial charge in [0.15, 0.2) is 6.29 Å². The lowest BCUT2D eigenvalue weighted by molar-refractivity contribution is -0.302. The van der Waals surface area contributed by atoms with Gasteiger partial charge in [-0.05, 0) is 109 Å². The van der Waals surface area contributed by atoms with Crippen LogP contribution in [0.25, 0.3) is 0 Å². The second-order valence-corrected chi connectivity index (χ2v) is 23.1. The van der Waals surface area contributed by atoms with Gasteiger partial charge in [-0.15, -0.1) is 0 Å². The molecule has 0 spiro atoms. The summed E-state index contributed by atoms with van der Waals surface area (Å²) >= 11 is 0. The highest BCUT2D eigenvalue weighted by Gasteiger charge is 2.44. The van der Waals surface area contributed by atoms with E-state index in [9.17, 15) is 35.1 Å². The molecule has 470 valence electrons. The predicted octanol–water partition coefficient (Wildman–Crippen LogP) is 16.7. The molecule has 1 amide bonds. The molecule has 0 aromatic carbocycles. The van der Waals surface area contributed by atoms with Crippen LogP contribution in [0.1, 0.15) is 296 Å².